The Labute approximate surface area is 441 Å². The maximum atomic E-state index is 13.7. The molecule has 1 aromatic rings. The smallest absolute Gasteiger partial charge is 0.251 e. The Bertz CT molecular complexity index is 1210. The monoisotopic (exact) mass is 1020 g/mol. The molecule has 0 saturated heterocycles. The summed E-state index contributed by atoms with van der Waals surface area (Å²) in [6, 6.07) is 3.68. The molecule has 0 bridgehead atoms. The predicted molar refractivity (Wildman–Crippen MR) is 296 cm³/mol. The zero-order valence-corrected chi connectivity index (χ0v) is 46.9. The van der Waals surface area contributed by atoms with Crippen molar-refractivity contribution in [2.75, 3.05) is 125 Å². The van der Waals surface area contributed by atoms with Crippen molar-refractivity contribution in [3.05, 3.63) is 17.7 Å². The molecule has 0 aliphatic heterocycles. The van der Waals surface area contributed by atoms with Gasteiger partial charge in [0.05, 0.1) is 112 Å². The number of rotatable bonds is 60. The molecule has 3 N–H and O–H groups in total. The number of hydrogen-bond acceptors (Lipinski definition) is 12. The van der Waals surface area contributed by atoms with E-state index in [1.54, 1.807) is 0 Å². The van der Waals surface area contributed by atoms with Crippen LogP contribution in [0, 0.1) is 0 Å². The second-order valence-corrected chi connectivity index (χ2v) is 19.2. The van der Waals surface area contributed by atoms with Gasteiger partial charge in [0.2, 0.25) is 5.75 Å². The van der Waals surface area contributed by atoms with Gasteiger partial charge in [0.15, 0.2) is 11.5 Å². The minimum absolute atomic E-state index is 0.192. The predicted octanol–water partition coefficient (Wildman–Crippen LogP) is 13.4. The summed E-state index contributed by atoms with van der Waals surface area (Å²) < 4.78 is 58.3. The third-order valence-corrected chi connectivity index (χ3v) is 12.6. The van der Waals surface area contributed by atoms with Crippen LogP contribution in [-0.2, 0) is 33.2 Å². The van der Waals surface area contributed by atoms with Gasteiger partial charge in [-0.2, -0.15) is 0 Å². The van der Waals surface area contributed by atoms with E-state index >= 15 is 0 Å². The average molecular weight is 1030 g/mol. The molecule has 0 heterocycles. The van der Waals surface area contributed by atoms with Crippen LogP contribution in [-0.4, -0.2) is 131 Å². The van der Waals surface area contributed by atoms with E-state index in [0.717, 1.165) is 38.5 Å². The highest BCUT2D eigenvalue weighted by molar-refractivity contribution is 5.95. The number of carbonyl (C=O) groups is 1. The third-order valence-electron chi connectivity index (χ3n) is 12.6. The Morgan fingerprint density at radius 2 is 0.611 bits per heavy atom. The molecule has 72 heavy (non-hydrogen) atoms. The number of carbonyl (C=O) groups excluding carboxylic acids is 1. The molecule has 0 aromatic heterocycles. The van der Waals surface area contributed by atoms with E-state index in [1.165, 1.54) is 154 Å². The highest BCUT2D eigenvalue weighted by atomic mass is 16.6. The fourth-order valence-corrected chi connectivity index (χ4v) is 8.22. The molecule has 0 saturated carbocycles. The number of hydrogen-bond donors (Lipinski definition) is 2. The van der Waals surface area contributed by atoms with Gasteiger partial charge >= 0.3 is 0 Å². The molecular formula is C59H112N2O11. The van der Waals surface area contributed by atoms with Gasteiger partial charge < -0.3 is 58.4 Å². The van der Waals surface area contributed by atoms with Crippen LogP contribution < -0.4 is 25.3 Å². The largest absolute Gasteiger partial charge is 0.490 e. The molecule has 0 radical (unpaired) electrons. The molecule has 1 amide bonds. The highest BCUT2D eigenvalue weighted by Gasteiger charge is 2.19. The fraction of sp³-hybridized carbons (Fsp3) is 0.881. The molecule has 0 fully saturated rings. The number of nitrogens with one attached hydrogen (secondary N) is 1. The van der Waals surface area contributed by atoms with Crippen molar-refractivity contribution in [1.29, 1.82) is 0 Å². The van der Waals surface area contributed by atoms with E-state index < -0.39 is 0 Å². The first kappa shape index (κ1) is 67.8. The minimum Gasteiger partial charge on any atom is -0.490 e. The van der Waals surface area contributed by atoms with E-state index in [0.29, 0.717) is 148 Å². The van der Waals surface area contributed by atoms with E-state index in [2.05, 4.69) is 26.1 Å². The molecule has 0 spiro atoms. The van der Waals surface area contributed by atoms with Gasteiger partial charge in [0.25, 0.3) is 5.91 Å². The first-order valence-electron chi connectivity index (χ1n) is 29.8. The maximum absolute atomic E-state index is 13.7. The van der Waals surface area contributed by atoms with Crippen molar-refractivity contribution in [2.24, 2.45) is 5.73 Å². The van der Waals surface area contributed by atoms with Crippen molar-refractivity contribution >= 4 is 5.91 Å². The van der Waals surface area contributed by atoms with Gasteiger partial charge in [-0.05, 0) is 31.4 Å². The fourth-order valence-electron chi connectivity index (χ4n) is 8.22. The van der Waals surface area contributed by atoms with Crippen LogP contribution in [0.2, 0.25) is 0 Å². The number of unbranched alkanes of at least 4 members (excludes halogenated alkanes) is 27. The number of amides is 1. The maximum Gasteiger partial charge on any atom is 0.251 e. The molecular weight excluding hydrogens is 913 g/mol. The molecule has 1 aromatic carbocycles. The van der Waals surface area contributed by atoms with Gasteiger partial charge in [-0.25, -0.2) is 0 Å². The quantitative estimate of drug-likeness (QED) is 0.0599. The normalized spacial score (nSPS) is 11.4. The van der Waals surface area contributed by atoms with Crippen molar-refractivity contribution in [3.63, 3.8) is 0 Å². The number of ether oxygens (including phenoxy) is 10. The Morgan fingerprint density at radius 3 is 0.917 bits per heavy atom. The first-order chi connectivity index (χ1) is 35.7. The molecule has 0 aliphatic rings. The first-order valence-corrected chi connectivity index (χ1v) is 29.8. The van der Waals surface area contributed by atoms with E-state index in [4.69, 9.17) is 53.1 Å². The van der Waals surface area contributed by atoms with E-state index in [-0.39, 0.29) is 5.91 Å². The van der Waals surface area contributed by atoms with Crippen LogP contribution in [0.1, 0.15) is 224 Å². The lowest BCUT2D eigenvalue weighted by Crippen LogP contribution is -2.28. The van der Waals surface area contributed by atoms with Gasteiger partial charge in [0, 0.05) is 18.7 Å². The molecule has 13 nitrogen and oxygen atoms in total. The zero-order valence-electron chi connectivity index (χ0n) is 46.9. The summed E-state index contributed by atoms with van der Waals surface area (Å²) in [5, 5.41) is 3.04. The lowest BCUT2D eigenvalue weighted by Gasteiger charge is -2.19. The summed E-state index contributed by atoms with van der Waals surface area (Å²) in [6.45, 7) is 16.3. The minimum atomic E-state index is -0.192. The molecule has 0 aliphatic carbocycles. The van der Waals surface area contributed by atoms with Crippen LogP contribution >= 0.6 is 0 Å². The Hall–Kier alpha value is -2.23. The van der Waals surface area contributed by atoms with Crippen LogP contribution in [0.3, 0.4) is 0 Å². The summed E-state index contributed by atoms with van der Waals surface area (Å²) in [7, 11) is 0. The van der Waals surface area contributed by atoms with Crippen LogP contribution in [0.25, 0.3) is 0 Å². The summed E-state index contributed by atoms with van der Waals surface area (Å²) in [5.41, 5.74) is 5.88. The third kappa shape index (κ3) is 45.2. The van der Waals surface area contributed by atoms with Crippen molar-refractivity contribution < 1.29 is 52.2 Å². The summed E-state index contributed by atoms with van der Waals surface area (Å²) in [6.07, 6.45) is 37.9. The van der Waals surface area contributed by atoms with Crippen molar-refractivity contribution in [3.8, 4) is 17.2 Å². The Kier molecular flexibility index (Phi) is 53.2. The van der Waals surface area contributed by atoms with Crippen molar-refractivity contribution in [1.82, 2.24) is 5.32 Å². The lowest BCUT2D eigenvalue weighted by atomic mass is 10.1. The van der Waals surface area contributed by atoms with Crippen LogP contribution in [0.4, 0.5) is 0 Å². The van der Waals surface area contributed by atoms with E-state index in [9.17, 15) is 4.79 Å². The summed E-state index contributed by atoms with van der Waals surface area (Å²) in [5.74, 6) is 1.63. The Morgan fingerprint density at radius 1 is 0.347 bits per heavy atom. The lowest BCUT2D eigenvalue weighted by molar-refractivity contribution is -0.0201. The van der Waals surface area contributed by atoms with Gasteiger partial charge in [-0.15, -0.1) is 0 Å². The number of benzene rings is 1. The number of nitrogens with two attached hydrogens (primary N) is 1. The van der Waals surface area contributed by atoms with Gasteiger partial charge in [-0.1, -0.05) is 194 Å². The van der Waals surface area contributed by atoms with Crippen LogP contribution in [0.5, 0.6) is 17.2 Å². The SMILES string of the molecule is CCCCCCCCCCCCOc1cc(C(=O)NCCOCCOCCOCCOCCOCCOCCOCCN)cc(OCCCCCCCCCCCC)c1OCCCCCCCCCCCC. The molecule has 1 rings (SSSR count). The van der Waals surface area contributed by atoms with Crippen molar-refractivity contribution in [2.45, 2.75) is 213 Å². The van der Waals surface area contributed by atoms with Gasteiger partial charge in [0.1, 0.15) is 0 Å². The summed E-state index contributed by atoms with van der Waals surface area (Å²) >= 11 is 0. The standard InChI is InChI=1S/C59H112N2O11/c1-4-7-10-13-16-19-22-25-28-31-36-70-56-53-55(59(62)61-35-40-64-42-44-66-46-48-68-50-52-69-51-49-67-47-45-65-43-41-63-39-34-60)54-57(71-37-32-29-26-23-20-17-14-11-8-5-2)58(56)72-38-33-30-27-24-21-18-15-12-9-6-3/h53-54H,4-52,60H2,1-3H3,(H,61,62). The second kappa shape index (κ2) is 56.5. The van der Waals surface area contributed by atoms with E-state index in [1.807, 2.05) is 12.1 Å². The van der Waals surface area contributed by atoms with Crippen LogP contribution in [0.15, 0.2) is 12.1 Å². The average Bonchev–Trinajstić information content (AvgIpc) is 3.39. The molecule has 13 heteroatoms. The topological polar surface area (TPSA) is 147 Å². The molecule has 0 atom stereocenters. The van der Waals surface area contributed by atoms with Gasteiger partial charge in [-0.3, -0.25) is 4.79 Å². The zero-order chi connectivity index (χ0) is 51.7. The molecule has 424 valence electrons. The molecule has 0 unspecified atom stereocenters. The summed E-state index contributed by atoms with van der Waals surface area (Å²) in [4.78, 5) is 13.7. The Balaban J connectivity index is 2.64. The highest BCUT2D eigenvalue weighted by Crippen LogP contribution is 2.40. The second-order valence-electron chi connectivity index (χ2n) is 19.2.